The molecule has 1 aliphatic carbocycles. The van der Waals surface area contributed by atoms with Crippen molar-refractivity contribution in [2.24, 2.45) is 0 Å². The fourth-order valence-electron chi connectivity index (χ4n) is 1.55. The maximum atomic E-state index is 13.4. The number of hydrogen-bond donors (Lipinski definition) is 2. The first-order chi connectivity index (χ1) is 6.33. The zero-order valence-electron chi connectivity index (χ0n) is 8.16. The number of hydrogen-bond acceptors (Lipinski definition) is 3. The summed E-state index contributed by atoms with van der Waals surface area (Å²) in [6.07, 6.45) is 4.07. The number of rotatable bonds is 4. The van der Waals surface area contributed by atoms with Crippen molar-refractivity contribution in [1.29, 1.82) is 0 Å². The summed E-state index contributed by atoms with van der Waals surface area (Å²) >= 11 is 0. The summed E-state index contributed by atoms with van der Waals surface area (Å²) in [6.45, 7) is 0.515. The summed E-state index contributed by atoms with van der Waals surface area (Å²) in [5.41, 5.74) is 0. The van der Waals surface area contributed by atoms with Gasteiger partial charge in [0, 0.05) is 12.6 Å². The summed E-state index contributed by atoms with van der Waals surface area (Å²) in [5, 5.41) is 0.227. The van der Waals surface area contributed by atoms with E-state index < -0.39 is 15.1 Å². The van der Waals surface area contributed by atoms with Crippen molar-refractivity contribution < 1.29 is 17.4 Å². The van der Waals surface area contributed by atoms with Crippen LogP contribution in [0.3, 0.4) is 0 Å². The second-order valence-corrected chi connectivity index (χ2v) is 5.74. The van der Waals surface area contributed by atoms with E-state index in [0.717, 1.165) is 32.6 Å². The molecule has 84 valence electrons. The minimum absolute atomic E-state index is 0.187. The van der Waals surface area contributed by atoms with Gasteiger partial charge in [0.25, 0.3) is 0 Å². The monoisotopic (exact) mass is 225 g/mol. The van der Waals surface area contributed by atoms with Crippen molar-refractivity contribution >= 4 is 10.1 Å². The lowest BCUT2D eigenvalue weighted by Gasteiger charge is -2.20. The lowest BCUT2D eigenvalue weighted by atomic mass is 10.2. The van der Waals surface area contributed by atoms with Gasteiger partial charge in [-0.3, -0.25) is 4.55 Å². The molecular formula is C8H16FNO3S. The van der Waals surface area contributed by atoms with E-state index in [9.17, 15) is 12.8 Å². The SMILES string of the molecule is C[C@@](F)(CNC1CCCC1)S(=O)(=O)O. The molecule has 0 heterocycles. The Kier molecular flexibility index (Phi) is 3.49. The van der Waals surface area contributed by atoms with E-state index in [2.05, 4.69) is 5.32 Å². The fourth-order valence-corrected chi connectivity index (χ4v) is 1.81. The second kappa shape index (κ2) is 4.12. The lowest BCUT2D eigenvalue weighted by molar-refractivity contribution is 0.249. The molecule has 2 N–H and O–H groups in total. The lowest BCUT2D eigenvalue weighted by Crippen LogP contribution is -2.43. The van der Waals surface area contributed by atoms with Crippen molar-refractivity contribution in [1.82, 2.24) is 5.32 Å². The minimum Gasteiger partial charge on any atom is -0.310 e. The highest BCUT2D eigenvalue weighted by Gasteiger charge is 2.38. The van der Waals surface area contributed by atoms with Gasteiger partial charge in [-0.05, 0) is 19.8 Å². The van der Waals surface area contributed by atoms with E-state index in [-0.39, 0.29) is 12.6 Å². The third-order valence-electron chi connectivity index (χ3n) is 2.60. The topological polar surface area (TPSA) is 66.4 Å². The van der Waals surface area contributed by atoms with Crippen LogP contribution in [0.1, 0.15) is 32.6 Å². The van der Waals surface area contributed by atoms with Crippen LogP contribution < -0.4 is 5.32 Å². The molecule has 0 saturated heterocycles. The molecule has 0 aromatic heterocycles. The molecule has 14 heavy (non-hydrogen) atoms. The van der Waals surface area contributed by atoms with Crippen LogP contribution in [-0.2, 0) is 10.1 Å². The van der Waals surface area contributed by atoms with Crippen molar-refractivity contribution in [2.45, 2.75) is 43.6 Å². The van der Waals surface area contributed by atoms with Gasteiger partial charge in [-0.25, -0.2) is 4.39 Å². The molecule has 1 rings (SSSR count). The first kappa shape index (κ1) is 11.9. The van der Waals surface area contributed by atoms with Crippen LogP contribution in [0, 0.1) is 0 Å². The Balaban J connectivity index is 2.43. The van der Waals surface area contributed by atoms with Crippen molar-refractivity contribution in [2.75, 3.05) is 6.54 Å². The molecule has 0 unspecified atom stereocenters. The molecule has 1 atom stereocenters. The van der Waals surface area contributed by atoms with Gasteiger partial charge in [0.05, 0.1) is 0 Å². The molecule has 0 aliphatic heterocycles. The number of nitrogens with one attached hydrogen (secondary N) is 1. The Morgan fingerprint density at radius 3 is 2.43 bits per heavy atom. The van der Waals surface area contributed by atoms with Gasteiger partial charge in [-0.2, -0.15) is 8.42 Å². The van der Waals surface area contributed by atoms with E-state index in [1.165, 1.54) is 0 Å². The van der Waals surface area contributed by atoms with E-state index in [0.29, 0.717) is 0 Å². The maximum absolute atomic E-state index is 13.4. The normalized spacial score (nSPS) is 23.6. The van der Waals surface area contributed by atoms with Crippen molar-refractivity contribution in [3.8, 4) is 0 Å². The van der Waals surface area contributed by atoms with Crippen LogP contribution in [0.4, 0.5) is 4.39 Å². The van der Waals surface area contributed by atoms with Gasteiger partial charge in [0.15, 0.2) is 0 Å². The van der Waals surface area contributed by atoms with Crippen molar-refractivity contribution in [3.05, 3.63) is 0 Å². The van der Waals surface area contributed by atoms with Crippen LogP contribution in [0.2, 0.25) is 0 Å². The Bertz CT molecular complexity index is 283. The predicted molar refractivity (Wildman–Crippen MR) is 51.3 cm³/mol. The van der Waals surface area contributed by atoms with E-state index in [1.807, 2.05) is 0 Å². The fraction of sp³-hybridized carbons (Fsp3) is 1.00. The average Bonchev–Trinajstić information content (AvgIpc) is 2.50. The maximum Gasteiger partial charge on any atom is 0.301 e. The molecule has 0 spiro atoms. The second-order valence-electron chi connectivity index (χ2n) is 3.94. The summed E-state index contributed by atoms with van der Waals surface area (Å²) in [4.78, 5) is 0. The zero-order valence-corrected chi connectivity index (χ0v) is 8.98. The Labute approximate surface area is 83.6 Å². The Morgan fingerprint density at radius 2 is 2.00 bits per heavy atom. The number of halogens is 1. The summed E-state index contributed by atoms with van der Waals surface area (Å²) in [6, 6.07) is 0.187. The molecule has 0 aromatic carbocycles. The number of alkyl halides is 1. The standard InChI is InChI=1S/C8H16FNO3S/c1-8(9,14(11,12)13)6-10-7-4-2-3-5-7/h7,10H,2-6H2,1H3,(H,11,12,13)/t8-/m0/s1. The highest BCUT2D eigenvalue weighted by Crippen LogP contribution is 2.21. The molecular weight excluding hydrogens is 209 g/mol. The molecule has 1 fully saturated rings. The van der Waals surface area contributed by atoms with Gasteiger partial charge < -0.3 is 5.32 Å². The van der Waals surface area contributed by atoms with Crippen LogP contribution in [0.25, 0.3) is 0 Å². The van der Waals surface area contributed by atoms with Crippen LogP contribution in [0.5, 0.6) is 0 Å². The Hall–Kier alpha value is -0.200. The molecule has 0 aromatic rings. The molecule has 1 saturated carbocycles. The zero-order chi connectivity index (χ0) is 10.8. The van der Waals surface area contributed by atoms with Crippen LogP contribution in [0.15, 0.2) is 0 Å². The third-order valence-corrected chi connectivity index (χ3v) is 3.82. The first-order valence-electron chi connectivity index (χ1n) is 4.72. The third kappa shape index (κ3) is 2.90. The minimum atomic E-state index is -4.62. The van der Waals surface area contributed by atoms with Crippen LogP contribution in [-0.4, -0.2) is 30.6 Å². The predicted octanol–water partition coefficient (Wildman–Crippen LogP) is 1.09. The molecule has 0 radical (unpaired) electrons. The van der Waals surface area contributed by atoms with E-state index in [4.69, 9.17) is 4.55 Å². The average molecular weight is 225 g/mol. The van der Waals surface area contributed by atoms with E-state index >= 15 is 0 Å². The summed E-state index contributed by atoms with van der Waals surface area (Å²) < 4.78 is 43.1. The smallest absolute Gasteiger partial charge is 0.301 e. The van der Waals surface area contributed by atoms with Gasteiger partial charge >= 0.3 is 10.1 Å². The summed E-state index contributed by atoms with van der Waals surface area (Å²) in [5.74, 6) is 0. The van der Waals surface area contributed by atoms with Gasteiger partial charge in [0.2, 0.25) is 5.00 Å². The quantitative estimate of drug-likeness (QED) is 0.703. The Morgan fingerprint density at radius 1 is 1.50 bits per heavy atom. The molecule has 0 amide bonds. The van der Waals surface area contributed by atoms with Gasteiger partial charge in [-0.1, -0.05) is 12.8 Å². The molecule has 4 nitrogen and oxygen atoms in total. The highest BCUT2D eigenvalue weighted by atomic mass is 32.2. The summed E-state index contributed by atoms with van der Waals surface area (Å²) in [7, 11) is -4.62. The largest absolute Gasteiger partial charge is 0.310 e. The van der Waals surface area contributed by atoms with Crippen molar-refractivity contribution in [3.63, 3.8) is 0 Å². The highest BCUT2D eigenvalue weighted by molar-refractivity contribution is 7.87. The van der Waals surface area contributed by atoms with Gasteiger partial charge in [-0.15, -0.1) is 0 Å². The first-order valence-corrected chi connectivity index (χ1v) is 6.16. The molecule has 6 heteroatoms. The van der Waals surface area contributed by atoms with Crippen LogP contribution >= 0.6 is 0 Å². The van der Waals surface area contributed by atoms with E-state index in [1.54, 1.807) is 0 Å². The molecule has 1 aliphatic rings. The van der Waals surface area contributed by atoms with Gasteiger partial charge in [0.1, 0.15) is 0 Å². The molecule has 0 bridgehead atoms.